The number of hydrogen-bond acceptors (Lipinski definition) is 6. The summed E-state index contributed by atoms with van der Waals surface area (Å²) in [5, 5.41) is 6.55. The third kappa shape index (κ3) is 3.24. The highest BCUT2D eigenvalue weighted by Crippen LogP contribution is 2.36. The standard InChI is InChI=1S/C17H25N5O4/c1-11(23)12-5-13(19-18-12)16(25)22-6-14(20(2)3)17(9-22)8-21(4)15(24)7-26-10-17/h5,14H,6-10H2,1-4H3,(H,18,19)/t14-,17-/m1/s1. The second kappa shape index (κ2) is 6.81. The van der Waals surface area contributed by atoms with Crippen LogP contribution in [0.15, 0.2) is 6.07 Å². The van der Waals surface area contributed by atoms with Crippen molar-refractivity contribution in [1.29, 1.82) is 0 Å². The van der Waals surface area contributed by atoms with E-state index in [1.54, 1.807) is 16.8 Å². The van der Waals surface area contributed by atoms with Gasteiger partial charge in [-0.2, -0.15) is 5.10 Å². The lowest BCUT2D eigenvalue weighted by Crippen LogP contribution is -2.51. The predicted octanol–water partition coefficient (Wildman–Crippen LogP) is -0.527. The minimum Gasteiger partial charge on any atom is -0.371 e. The Balaban J connectivity index is 1.85. The lowest BCUT2D eigenvalue weighted by atomic mass is 9.82. The van der Waals surface area contributed by atoms with Crippen LogP contribution < -0.4 is 0 Å². The van der Waals surface area contributed by atoms with Gasteiger partial charge in [-0.05, 0) is 20.2 Å². The van der Waals surface area contributed by atoms with Crippen molar-refractivity contribution in [3.63, 3.8) is 0 Å². The van der Waals surface area contributed by atoms with Crippen LogP contribution in [-0.2, 0) is 9.53 Å². The van der Waals surface area contributed by atoms with Crippen LogP contribution in [0, 0.1) is 5.41 Å². The van der Waals surface area contributed by atoms with Gasteiger partial charge in [-0.25, -0.2) is 0 Å². The number of H-pyrrole nitrogens is 1. The Kier molecular flexibility index (Phi) is 4.85. The van der Waals surface area contributed by atoms with E-state index in [1.807, 2.05) is 14.1 Å². The van der Waals surface area contributed by atoms with Gasteiger partial charge in [0, 0.05) is 45.1 Å². The number of likely N-dealkylation sites (tertiary alicyclic amines) is 1. The molecule has 1 spiro atoms. The summed E-state index contributed by atoms with van der Waals surface area (Å²) in [7, 11) is 5.71. The third-order valence-corrected chi connectivity index (χ3v) is 5.28. The SMILES string of the molecule is CC(=O)c1cc(C(=O)N2C[C@@H](N(C)C)[C@@]3(COCC(=O)N(C)C3)C2)[nH]n1. The predicted molar refractivity (Wildman–Crippen MR) is 92.9 cm³/mol. The smallest absolute Gasteiger partial charge is 0.271 e. The number of aromatic amines is 1. The molecule has 142 valence electrons. The van der Waals surface area contributed by atoms with E-state index in [4.69, 9.17) is 4.74 Å². The van der Waals surface area contributed by atoms with Crippen molar-refractivity contribution in [2.45, 2.75) is 13.0 Å². The van der Waals surface area contributed by atoms with Gasteiger partial charge in [0.2, 0.25) is 5.91 Å². The number of likely N-dealkylation sites (N-methyl/N-ethyl adjacent to an activating group) is 2. The lowest BCUT2D eigenvalue weighted by molar-refractivity contribution is -0.132. The second-order valence-electron chi connectivity index (χ2n) is 7.49. The number of Topliss-reactive ketones (excluding diaryl/α,β-unsaturated/α-hetero) is 1. The topological polar surface area (TPSA) is 98.8 Å². The van der Waals surface area contributed by atoms with Crippen molar-refractivity contribution in [1.82, 2.24) is 24.9 Å². The maximum atomic E-state index is 12.9. The second-order valence-corrected chi connectivity index (χ2v) is 7.49. The number of carbonyl (C=O) groups is 3. The molecule has 2 fully saturated rings. The molecule has 1 aromatic heterocycles. The normalized spacial score (nSPS) is 26.7. The van der Waals surface area contributed by atoms with Crippen LogP contribution in [0.4, 0.5) is 0 Å². The Bertz CT molecular complexity index is 730. The highest BCUT2D eigenvalue weighted by atomic mass is 16.5. The molecule has 0 saturated carbocycles. The first-order valence-corrected chi connectivity index (χ1v) is 8.57. The number of nitrogens with one attached hydrogen (secondary N) is 1. The maximum Gasteiger partial charge on any atom is 0.271 e. The quantitative estimate of drug-likeness (QED) is 0.725. The highest BCUT2D eigenvalue weighted by molar-refractivity contribution is 5.97. The van der Waals surface area contributed by atoms with Gasteiger partial charge in [-0.15, -0.1) is 0 Å². The third-order valence-electron chi connectivity index (χ3n) is 5.28. The molecule has 3 heterocycles. The molecule has 2 amide bonds. The van der Waals surface area contributed by atoms with Gasteiger partial charge in [0.1, 0.15) is 18.0 Å². The van der Waals surface area contributed by atoms with Gasteiger partial charge < -0.3 is 19.4 Å². The van der Waals surface area contributed by atoms with Crippen LogP contribution in [0.25, 0.3) is 0 Å². The molecule has 0 bridgehead atoms. The first-order valence-electron chi connectivity index (χ1n) is 8.57. The van der Waals surface area contributed by atoms with E-state index in [0.717, 1.165) is 0 Å². The lowest BCUT2D eigenvalue weighted by Gasteiger charge is -2.37. The zero-order chi connectivity index (χ0) is 19.1. The largest absolute Gasteiger partial charge is 0.371 e. The van der Waals surface area contributed by atoms with E-state index in [-0.39, 0.29) is 41.4 Å². The number of ether oxygens (including phenoxy) is 1. The fourth-order valence-corrected chi connectivity index (χ4v) is 3.96. The molecular formula is C17H25N5O4. The van der Waals surface area contributed by atoms with Gasteiger partial charge in [0.25, 0.3) is 5.91 Å². The average Bonchev–Trinajstić information content (AvgIpc) is 3.16. The van der Waals surface area contributed by atoms with Crippen molar-refractivity contribution in [2.75, 3.05) is 54.0 Å². The van der Waals surface area contributed by atoms with Crippen LogP contribution in [-0.4, -0.2) is 103 Å². The minimum atomic E-state index is -0.358. The Morgan fingerprint density at radius 2 is 2.12 bits per heavy atom. The molecule has 2 saturated heterocycles. The van der Waals surface area contributed by atoms with Gasteiger partial charge in [0.15, 0.2) is 5.78 Å². The molecule has 0 aromatic carbocycles. The Morgan fingerprint density at radius 3 is 2.73 bits per heavy atom. The van der Waals surface area contributed by atoms with Crippen LogP contribution in [0.5, 0.6) is 0 Å². The van der Waals surface area contributed by atoms with Gasteiger partial charge in [-0.3, -0.25) is 19.5 Å². The van der Waals surface area contributed by atoms with E-state index in [1.165, 1.54) is 13.0 Å². The molecule has 1 aromatic rings. The van der Waals surface area contributed by atoms with Gasteiger partial charge in [-0.1, -0.05) is 0 Å². The fourth-order valence-electron chi connectivity index (χ4n) is 3.96. The summed E-state index contributed by atoms with van der Waals surface area (Å²) >= 11 is 0. The van der Waals surface area contributed by atoms with E-state index in [2.05, 4.69) is 15.1 Å². The molecular weight excluding hydrogens is 338 g/mol. The number of nitrogens with zero attached hydrogens (tertiary/aromatic N) is 4. The maximum absolute atomic E-state index is 12.9. The van der Waals surface area contributed by atoms with E-state index >= 15 is 0 Å². The summed E-state index contributed by atoms with van der Waals surface area (Å²) in [6.07, 6.45) is 0. The van der Waals surface area contributed by atoms with Crippen molar-refractivity contribution in [3.05, 3.63) is 17.5 Å². The zero-order valence-electron chi connectivity index (χ0n) is 15.6. The van der Waals surface area contributed by atoms with Crippen LogP contribution in [0.2, 0.25) is 0 Å². The Morgan fingerprint density at radius 1 is 1.38 bits per heavy atom. The van der Waals surface area contributed by atoms with Crippen LogP contribution in [0.3, 0.4) is 0 Å². The zero-order valence-corrected chi connectivity index (χ0v) is 15.6. The summed E-state index contributed by atoms with van der Waals surface area (Å²) in [4.78, 5) is 41.8. The van der Waals surface area contributed by atoms with Gasteiger partial charge >= 0.3 is 0 Å². The summed E-state index contributed by atoms with van der Waals surface area (Å²) in [6.45, 7) is 3.41. The minimum absolute atomic E-state index is 0.0509. The van der Waals surface area contributed by atoms with E-state index in [0.29, 0.717) is 31.9 Å². The molecule has 2 aliphatic rings. The van der Waals surface area contributed by atoms with Crippen molar-refractivity contribution < 1.29 is 19.1 Å². The molecule has 0 unspecified atom stereocenters. The number of hydrogen-bond donors (Lipinski definition) is 1. The van der Waals surface area contributed by atoms with Gasteiger partial charge in [0.05, 0.1) is 6.61 Å². The van der Waals surface area contributed by atoms with E-state index in [9.17, 15) is 14.4 Å². The van der Waals surface area contributed by atoms with Crippen LogP contribution >= 0.6 is 0 Å². The summed E-state index contributed by atoms with van der Waals surface area (Å²) in [6, 6.07) is 1.54. The Labute approximate surface area is 152 Å². The van der Waals surface area contributed by atoms with Crippen molar-refractivity contribution >= 4 is 17.6 Å². The number of rotatable bonds is 3. The molecule has 9 nitrogen and oxygen atoms in total. The summed E-state index contributed by atoms with van der Waals surface area (Å²) in [5.74, 6) is -0.447. The molecule has 1 N–H and O–H groups in total. The average molecular weight is 363 g/mol. The fraction of sp³-hybridized carbons (Fsp3) is 0.647. The Hall–Kier alpha value is -2.26. The summed E-state index contributed by atoms with van der Waals surface area (Å²) < 4.78 is 5.64. The molecule has 2 atom stereocenters. The van der Waals surface area contributed by atoms with E-state index < -0.39 is 0 Å². The molecule has 0 aliphatic carbocycles. The summed E-state index contributed by atoms with van der Waals surface area (Å²) in [5.41, 5.74) is 0.182. The van der Waals surface area contributed by atoms with Crippen LogP contribution in [0.1, 0.15) is 27.9 Å². The molecule has 3 rings (SSSR count). The van der Waals surface area contributed by atoms with Crippen molar-refractivity contribution in [2.24, 2.45) is 5.41 Å². The first-order chi connectivity index (χ1) is 12.2. The number of carbonyl (C=O) groups excluding carboxylic acids is 3. The molecule has 2 aliphatic heterocycles. The molecule has 26 heavy (non-hydrogen) atoms. The van der Waals surface area contributed by atoms with Crippen molar-refractivity contribution in [3.8, 4) is 0 Å². The highest BCUT2D eigenvalue weighted by Gasteiger charge is 2.51. The number of amides is 2. The molecule has 0 radical (unpaired) electrons. The number of ketones is 1. The first kappa shape index (κ1) is 18.5. The number of aromatic nitrogens is 2. The molecule has 9 heteroatoms. The monoisotopic (exact) mass is 363 g/mol.